The van der Waals surface area contributed by atoms with Crippen molar-refractivity contribution in [2.45, 2.75) is 6.42 Å². The minimum Gasteiger partial charge on any atom is -0.0622 e. The molecule has 1 aliphatic rings. The predicted octanol–water partition coefficient (Wildman–Crippen LogP) is 6.08. The third-order valence-electron chi connectivity index (χ3n) is 4.88. The van der Waals surface area contributed by atoms with Crippen molar-refractivity contribution in [3.63, 3.8) is 0 Å². The molecule has 0 saturated carbocycles. The fraction of sp³-hybridized carbons (Fsp3) is 0.0435. The summed E-state index contributed by atoms with van der Waals surface area (Å²) < 4.78 is 0. The number of benzene rings is 4. The van der Waals surface area contributed by atoms with Crippen LogP contribution in [-0.2, 0) is 6.42 Å². The molecule has 0 aromatic heterocycles. The van der Waals surface area contributed by atoms with E-state index in [0.29, 0.717) is 0 Å². The summed E-state index contributed by atoms with van der Waals surface area (Å²) in [5, 5.41) is 2.71. The second-order valence-corrected chi connectivity index (χ2v) is 6.20. The monoisotopic (exact) mass is 292 g/mol. The van der Waals surface area contributed by atoms with Crippen molar-refractivity contribution in [1.29, 1.82) is 0 Å². The maximum atomic E-state index is 2.30. The first-order valence-corrected chi connectivity index (χ1v) is 8.10. The van der Waals surface area contributed by atoms with Crippen molar-refractivity contribution in [2.75, 3.05) is 0 Å². The lowest BCUT2D eigenvalue weighted by Crippen LogP contribution is -1.87. The Morgan fingerprint density at radius 3 is 2.22 bits per heavy atom. The van der Waals surface area contributed by atoms with Crippen LogP contribution in [0.1, 0.15) is 11.1 Å². The molecule has 1 aliphatic carbocycles. The van der Waals surface area contributed by atoms with Crippen molar-refractivity contribution in [2.24, 2.45) is 0 Å². The highest BCUT2D eigenvalue weighted by Crippen LogP contribution is 2.44. The van der Waals surface area contributed by atoms with Gasteiger partial charge in [-0.1, -0.05) is 84.9 Å². The lowest BCUT2D eigenvalue weighted by atomic mass is 9.91. The Kier molecular flexibility index (Phi) is 2.65. The Labute approximate surface area is 136 Å². The van der Waals surface area contributed by atoms with Crippen molar-refractivity contribution in [3.8, 4) is 22.3 Å². The smallest absolute Gasteiger partial charge is 0.00132 e. The molecule has 0 heteroatoms. The van der Waals surface area contributed by atoms with Gasteiger partial charge in [-0.25, -0.2) is 0 Å². The van der Waals surface area contributed by atoms with E-state index in [1.165, 1.54) is 44.2 Å². The van der Waals surface area contributed by atoms with Crippen molar-refractivity contribution in [3.05, 3.63) is 96.1 Å². The van der Waals surface area contributed by atoms with Crippen LogP contribution in [-0.4, -0.2) is 0 Å². The second-order valence-electron chi connectivity index (χ2n) is 6.20. The van der Waals surface area contributed by atoms with Gasteiger partial charge >= 0.3 is 0 Å². The second kappa shape index (κ2) is 4.82. The maximum Gasteiger partial charge on any atom is -0.00132 e. The van der Waals surface area contributed by atoms with E-state index in [4.69, 9.17) is 0 Å². The number of rotatable bonds is 1. The summed E-state index contributed by atoms with van der Waals surface area (Å²) >= 11 is 0. The average Bonchev–Trinajstić information content (AvgIpc) is 3.01. The number of fused-ring (bicyclic) bond motifs is 5. The van der Waals surface area contributed by atoms with Crippen LogP contribution in [0.5, 0.6) is 0 Å². The molecule has 0 N–H and O–H groups in total. The molecule has 0 amide bonds. The van der Waals surface area contributed by atoms with E-state index in [1.54, 1.807) is 0 Å². The lowest BCUT2D eigenvalue weighted by Gasteiger charge is -2.12. The van der Waals surface area contributed by atoms with Gasteiger partial charge in [-0.05, 0) is 50.6 Å². The summed E-state index contributed by atoms with van der Waals surface area (Å²) in [6.07, 6.45) is 1.05. The van der Waals surface area contributed by atoms with Crippen LogP contribution in [0.25, 0.3) is 33.0 Å². The fourth-order valence-electron chi connectivity index (χ4n) is 3.86. The topological polar surface area (TPSA) is 0 Å². The molecule has 0 heterocycles. The van der Waals surface area contributed by atoms with Crippen LogP contribution in [0.3, 0.4) is 0 Å². The van der Waals surface area contributed by atoms with E-state index in [2.05, 4.69) is 84.9 Å². The Morgan fingerprint density at radius 2 is 1.30 bits per heavy atom. The van der Waals surface area contributed by atoms with Crippen molar-refractivity contribution < 1.29 is 0 Å². The number of hydrogen-bond acceptors (Lipinski definition) is 0. The summed E-state index contributed by atoms with van der Waals surface area (Å²) in [6.45, 7) is 0. The van der Waals surface area contributed by atoms with E-state index < -0.39 is 0 Å². The minimum atomic E-state index is 1.05. The molecule has 0 saturated heterocycles. The van der Waals surface area contributed by atoms with Gasteiger partial charge in [0.1, 0.15) is 0 Å². The molecule has 4 aromatic carbocycles. The van der Waals surface area contributed by atoms with Crippen LogP contribution in [0.15, 0.2) is 84.9 Å². The maximum absolute atomic E-state index is 2.30. The van der Waals surface area contributed by atoms with Crippen LogP contribution >= 0.6 is 0 Å². The zero-order chi connectivity index (χ0) is 15.2. The molecule has 5 rings (SSSR count). The molecular weight excluding hydrogens is 276 g/mol. The van der Waals surface area contributed by atoms with E-state index in [9.17, 15) is 0 Å². The standard InChI is InChI=1S/C23H16/c1-2-7-16(8-3-1)20-12-6-10-17-13-14-19-15-18-9-4-5-11-21(18)23(19)22(17)20/h1-14H,15H2. The van der Waals surface area contributed by atoms with E-state index in [0.717, 1.165) is 6.42 Å². The van der Waals surface area contributed by atoms with Gasteiger partial charge in [0, 0.05) is 0 Å². The first kappa shape index (κ1) is 12.7. The third-order valence-corrected chi connectivity index (χ3v) is 4.88. The highest BCUT2D eigenvalue weighted by Gasteiger charge is 2.21. The minimum absolute atomic E-state index is 1.05. The zero-order valence-corrected chi connectivity index (χ0v) is 12.8. The molecule has 0 bridgehead atoms. The van der Waals surface area contributed by atoms with Gasteiger partial charge in [0.25, 0.3) is 0 Å². The van der Waals surface area contributed by atoms with Gasteiger partial charge in [-0.2, -0.15) is 0 Å². The summed E-state index contributed by atoms with van der Waals surface area (Å²) in [5.74, 6) is 0. The Balaban J connectivity index is 1.92. The molecule has 4 aromatic rings. The molecule has 0 atom stereocenters. The SMILES string of the molecule is c1ccc(-c2cccc3ccc4c(c23)-c2ccccc2C4)cc1. The molecule has 0 unspecified atom stereocenters. The van der Waals surface area contributed by atoms with Gasteiger partial charge in [0.15, 0.2) is 0 Å². The van der Waals surface area contributed by atoms with Gasteiger partial charge in [-0.3, -0.25) is 0 Å². The normalized spacial score (nSPS) is 12.2. The van der Waals surface area contributed by atoms with Crippen LogP contribution in [0, 0.1) is 0 Å². The first-order chi connectivity index (χ1) is 11.4. The van der Waals surface area contributed by atoms with Gasteiger partial charge in [0.2, 0.25) is 0 Å². The summed E-state index contributed by atoms with van der Waals surface area (Å²) in [4.78, 5) is 0. The van der Waals surface area contributed by atoms with E-state index >= 15 is 0 Å². The number of hydrogen-bond donors (Lipinski definition) is 0. The zero-order valence-electron chi connectivity index (χ0n) is 12.8. The van der Waals surface area contributed by atoms with Crippen LogP contribution < -0.4 is 0 Å². The molecule has 0 spiro atoms. The highest BCUT2D eigenvalue weighted by atomic mass is 14.2. The van der Waals surface area contributed by atoms with Crippen LogP contribution in [0.4, 0.5) is 0 Å². The predicted molar refractivity (Wildman–Crippen MR) is 97.6 cm³/mol. The molecule has 0 aliphatic heterocycles. The molecule has 108 valence electrons. The highest BCUT2D eigenvalue weighted by molar-refractivity contribution is 6.09. The Morgan fingerprint density at radius 1 is 0.522 bits per heavy atom. The van der Waals surface area contributed by atoms with E-state index in [1.807, 2.05) is 0 Å². The van der Waals surface area contributed by atoms with E-state index in [-0.39, 0.29) is 0 Å². The van der Waals surface area contributed by atoms with Crippen molar-refractivity contribution >= 4 is 10.8 Å². The van der Waals surface area contributed by atoms with Gasteiger partial charge < -0.3 is 0 Å². The van der Waals surface area contributed by atoms with Crippen LogP contribution in [0.2, 0.25) is 0 Å². The Hall–Kier alpha value is -2.86. The average molecular weight is 292 g/mol. The van der Waals surface area contributed by atoms with Gasteiger partial charge in [0.05, 0.1) is 0 Å². The molecule has 0 fully saturated rings. The fourth-order valence-corrected chi connectivity index (χ4v) is 3.86. The quantitative estimate of drug-likeness (QED) is 0.351. The third kappa shape index (κ3) is 1.85. The molecule has 23 heavy (non-hydrogen) atoms. The molecule has 0 radical (unpaired) electrons. The largest absolute Gasteiger partial charge is 0.0622 e. The molecular formula is C23H16. The van der Waals surface area contributed by atoms with Gasteiger partial charge in [-0.15, -0.1) is 0 Å². The Bertz CT molecular complexity index is 1030. The first-order valence-electron chi connectivity index (χ1n) is 8.10. The summed E-state index contributed by atoms with van der Waals surface area (Å²) in [6, 6.07) is 30.7. The lowest BCUT2D eigenvalue weighted by molar-refractivity contribution is 1.27. The summed E-state index contributed by atoms with van der Waals surface area (Å²) in [7, 11) is 0. The van der Waals surface area contributed by atoms with Crippen molar-refractivity contribution in [1.82, 2.24) is 0 Å². The molecule has 0 nitrogen and oxygen atoms in total. The summed E-state index contributed by atoms with van der Waals surface area (Å²) in [5.41, 5.74) is 8.33.